The summed E-state index contributed by atoms with van der Waals surface area (Å²) in [6, 6.07) is 13.7. The van der Waals surface area contributed by atoms with Gasteiger partial charge >= 0.3 is 0 Å². The third-order valence-corrected chi connectivity index (χ3v) is 5.91. The van der Waals surface area contributed by atoms with Crippen molar-refractivity contribution in [3.63, 3.8) is 0 Å². The monoisotopic (exact) mass is 388 g/mol. The van der Waals surface area contributed by atoms with Gasteiger partial charge < -0.3 is 10.1 Å². The topological polar surface area (TPSA) is 84.5 Å². The number of sulfonamides is 1. The number of rotatable bonds is 7. The Morgan fingerprint density at radius 1 is 1.19 bits per heavy atom. The van der Waals surface area contributed by atoms with Gasteiger partial charge in [-0.05, 0) is 43.5 Å². The second kappa shape index (κ2) is 8.65. The molecule has 1 fully saturated rings. The minimum absolute atomic E-state index is 0.0389. The fourth-order valence-corrected chi connectivity index (χ4v) is 3.95. The van der Waals surface area contributed by atoms with Crippen LogP contribution in [0.5, 0.6) is 0 Å². The number of ether oxygens (including phenoxy) is 1. The number of nitrogens with one attached hydrogen (secondary N) is 2. The van der Waals surface area contributed by atoms with Crippen molar-refractivity contribution in [2.45, 2.75) is 37.3 Å². The Morgan fingerprint density at radius 2 is 1.96 bits per heavy atom. The summed E-state index contributed by atoms with van der Waals surface area (Å²) in [5.41, 5.74) is 2.30. The van der Waals surface area contributed by atoms with Crippen molar-refractivity contribution in [1.82, 2.24) is 10.0 Å². The van der Waals surface area contributed by atoms with Gasteiger partial charge in [0.05, 0.1) is 11.0 Å². The summed E-state index contributed by atoms with van der Waals surface area (Å²) in [6.07, 6.45) is 1.97. The summed E-state index contributed by atoms with van der Waals surface area (Å²) in [7, 11) is -3.71. The van der Waals surface area contributed by atoms with Gasteiger partial charge in [-0.15, -0.1) is 0 Å². The molecule has 1 atom stereocenters. The molecule has 2 aromatic carbocycles. The second-order valence-electron chi connectivity index (χ2n) is 6.68. The minimum Gasteiger partial charge on any atom is -0.376 e. The van der Waals surface area contributed by atoms with Gasteiger partial charge in [0, 0.05) is 25.3 Å². The van der Waals surface area contributed by atoms with Crippen molar-refractivity contribution in [3.05, 3.63) is 65.2 Å². The van der Waals surface area contributed by atoms with E-state index < -0.39 is 10.0 Å². The zero-order valence-corrected chi connectivity index (χ0v) is 16.1. The number of aryl methyl sites for hydroxylation is 1. The molecule has 144 valence electrons. The van der Waals surface area contributed by atoms with Gasteiger partial charge in [0.1, 0.15) is 0 Å². The molecule has 0 aromatic heterocycles. The summed E-state index contributed by atoms with van der Waals surface area (Å²) in [5, 5.41) is 2.80. The first kappa shape index (κ1) is 19.5. The van der Waals surface area contributed by atoms with E-state index in [-0.39, 0.29) is 23.5 Å². The molecular formula is C20H24N2O4S. The number of hydrogen-bond donors (Lipinski definition) is 2. The zero-order chi connectivity index (χ0) is 19.3. The Hall–Kier alpha value is -2.22. The van der Waals surface area contributed by atoms with Crippen molar-refractivity contribution in [3.8, 4) is 0 Å². The lowest BCUT2D eigenvalue weighted by Crippen LogP contribution is -2.32. The maximum absolute atomic E-state index is 12.6. The van der Waals surface area contributed by atoms with E-state index in [9.17, 15) is 13.2 Å². The molecule has 0 radical (unpaired) electrons. The Bertz CT molecular complexity index is 888. The molecule has 0 aliphatic carbocycles. The predicted octanol–water partition coefficient (Wildman–Crippen LogP) is 2.38. The quantitative estimate of drug-likeness (QED) is 0.763. The van der Waals surface area contributed by atoms with E-state index in [0.29, 0.717) is 12.1 Å². The van der Waals surface area contributed by atoms with E-state index in [0.717, 1.165) is 30.6 Å². The molecule has 1 aliphatic heterocycles. The molecule has 1 aliphatic rings. The highest BCUT2D eigenvalue weighted by Gasteiger charge is 2.19. The summed E-state index contributed by atoms with van der Waals surface area (Å²) in [5.74, 6) is -0.305. The van der Waals surface area contributed by atoms with Crippen LogP contribution < -0.4 is 10.0 Å². The smallest absolute Gasteiger partial charge is 0.251 e. The summed E-state index contributed by atoms with van der Waals surface area (Å²) >= 11 is 0. The van der Waals surface area contributed by atoms with Crippen LogP contribution in [-0.4, -0.2) is 33.6 Å². The minimum atomic E-state index is -3.71. The predicted molar refractivity (Wildman–Crippen MR) is 103 cm³/mol. The molecule has 7 heteroatoms. The van der Waals surface area contributed by atoms with Gasteiger partial charge in [0.25, 0.3) is 5.91 Å². The van der Waals surface area contributed by atoms with Crippen molar-refractivity contribution in [2.24, 2.45) is 0 Å². The third kappa shape index (κ3) is 5.38. The molecule has 2 aromatic rings. The van der Waals surface area contributed by atoms with Crippen LogP contribution in [0.1, 0.15) is 34.3 Å². The molecule has 1 unspecified atom stereocenters. The first-order valence-corrected chi connectivity index (χ1v) is 10.5. The molecule has 0 saturated carbocycles. The van der Waals surface area contributed by atoms with E-state index >= 15 is 0 Å². The molecule has 1 amide bonds. The molecule has 0 spiro atoms. The van der Waals surface area contributed by atoms with Gasteiger partial charge in [-0.25, -0.2) is 13.1 Å². The van der Waals surface area contributed by atoms with Gasteiger partial charge in [-0.3, -0.25) is 4.79 Å². The summed E-state index contributed by atoms with van der Waals surface area (Å²) in [4.78, 5) is 12.4. The molecule has 6 nitrogen and oxygen atoms in total. The summed E-state index contributed by atoms with van der Waals surface area (Å²) in [6.45, 7) is 3.32. The lowest BCUT2D eigenvalue weighted by atomic mass is 10.2. The van der Waals surface area contributed by atoms with Gasteiger partial charge in [-0.1, -0.05) is 35.9 Å². The average molecular weight is 388 g/mol. The van der Waals surface area contributed by atoms with Crippen LogP contribution in [0.3, 0.4) is 0 Å². The molecule has 2 N–H and O–H groups in total. The van der Waals surface area contributed by atoms with E-state index in [1.807, 2.05) is 31.2 Å². The third-order valence-electron chi connectivity index (χ3n) is 4.51. The highest BCUT2D eigenvalue weighted by molar-refractivity contribution is 7.89. The van der Waals surface area contributed by atoms with Gasteiger partial charge in [0.15, 0.2) is 0 Å². The number of carbonyl (C=O) groups is 1. The van der Waals surface area contributed by atoms with Crippen LogP contribution in [-0.2, 0) is 21.3 Å². The SMILES string of the molecule is Cc1ccc(CNS(=O)(=O)c2cccc(C(=O)NCC3CCCO3)c2)cc1. The van der Waals surface area contributed by atoms with E-state index in [1.165, 1.54) is 12.1 Å². The van der Waals surface area contributed by atoms with E-state index in [4.69, 9.17) is 4.74 Å². The van der Waals surface area contributed by atoms with Crippen LogP contribution in [0.25, 0.3) is 0 Å². The zero-order valence-electron chi connectivity index (χ0n) is 15.3. The number of benzene rings is 2. The lowest BCUT2D eigenvalue weighted by molar-refractivity contribution is 0.0857. The molecule has 0 bridgehead atoms. The fourth-order valence-electron chi connectivity index (χ4n) is 2.89. The number of amides is 1. The van der Waals surface area contributed by atoms with E-state index in [1.54, 1.807) is 12.1 Å². The molecule has 3 rings (SSSR count). The normalized spacial score (nSPS) is 17.0. The first-order valence-electron chi connectivity index (χ1n) is 8.99. The van der Waals surface area contributed by atoms with E-state index in [2.05, 4.69) is 10.0 Å². The van der Waals surface area contributed by atoms with Crippen molar-refractivity contribution in [2.75, 3.05) is 13.2 Å². The lowest BCUT2D eigenvalue weighted by Gasteiger charge is -2.12. The highest BCUT2D eigenvalue weighted by atomic mass is 32.2. The second-order valence-corrected chi connectivity index (χ2v) is 8.45. The summed E-state index contributed by atoms with van der Waals surface area (Å²) < 4.78 is 33.2. The standard InChI is InChI=1S/C20H24N2O4S/c1-15-7-9-16(10-8-15)13-22-27(24,25)19-6-2-4-17(12-19)20(23)21-14-18-5-3-11-26-18/h2,4,6-10,12,18,22H,3,5,11,13-14H2,1H3,(H,21,23). The van der Waals surface area contributed by atoms with Crippen LogP contribution in [0, 0.1) is 6.92 Å². The van der Waals surface area contributed by atoms with Crippen molar-refractivity contribution >= 4 is 15.9 Å². The first-order chi connectivity index (χ1) is 12.9. The fraction of sp³-hybridized carbons (Fsp3) is 0.350. The molecule has 1 saturated heterocycles. The molecule has 1 heterocycles. The van der Waals surface area contributed by atoms with Gasteiger partial charge in [-0.2, -0.15) is 0 Å². The Kier molecular flexibility index (Phi) is 6.26. The van der Waals surface area contributed by atoms with Crippen molar-refractivity contribution < 1.29 is 17.9 Å². The van der Waals surface area contributed by atoms with Crippen LogP contribution in [0.2, 0.25) is 0 Å². The highest BCUT2D eigenvalue weighted by Crippen LogP contribution is 2.14. The largest absolute Gasteiger partial charge is 0.376 e. The van der Waals surface area contributed by atoms with Crippen LogP contribution >= 0.6 is 0 Å². The maximum atomic E-state index is 12.6. The molecule has 27 heavy (non-hydrogen) atoms. The Balaban J connectivity index is 1.63. The van der Waals surface area contributed by atoms with Crippen LogP contribution in [0.4, 0.5) is 0 Å². The maximum Gasteiger partial charge on any atom is 0.251 e. The number of carbonyl (C=O) groups excluding carboxylic acids is 1. The average Bonchev–Trinajstić information content (AvgIpc) is 3.19. The Labute approximate surface area is 160 Å². The molecular weight excluding hydrogens is 364 g/mol. The number of hydrogen-bond acceptors (Lipinski definition) is 4. The van der Waals surface area contributed by atoms with Crippen LogP contribution in [0.15, 0.2) is 53.4 Å². The van der Waals surface area contributed by atoms with Gasteiger partial charge in [0.2, 0.25) is 10.0 Å². The van der Waals surface area contributed by atoms with Crippen molar-refractivity contribution in [1.29, 1.82) is 0 Å². The Morgan fingerprint density at radius 3 is 2.67 bits per heavy atom.